The second kappa shape index (κ2) is 12.9. The molecule has 0 aliphatic heterocycles. The fraction of sp³-hybridized carbons (Fsp3) is 0.0667. The maximum absolute atomic E-state index is 12.9. The zero-order valence-electron chi connectivity index (χ0n) is 23.2. The van der Waals surface area contributed by atoms with Gasteiger partial charge in [-0.15, -0.1) is 0 Å². The lowest BCUT2D eigenvalue weighted by atomic mass is 10.1. The van der Waals surface area contributed by atoms with Crippen molar-refractivity contribution in [2.24, 2.45) is 7.05 Å². The number of aryl methyl sites for hydroxylation is 2. The maximum atomic E-state index is 12.9. The van der Waals surface area contributed by atoms with Crippen LogP contribution in [0.5, 0.6) is 0 Å². The average Bonchev–Trinajstić information content (AvgIpc) is 3.63. The number of benzene rings is 3. The fourth-order valence-electron chi connectivity index (χ4n) is 3.82. The van der Waals surface area contributed by atoms with Gasteiger partial charge < -0.3 is 11.1 Å². The predicted molar refractivity (Wildman–Crippen MR) is 165 cm³/mol. The second-order valence-electron chi connectivity index (χ2n) is 9.40. The van der Waals surface area contributed by atoms with Crippen LogP contribution in [0.1, 0.15) is 11.1 Å². The molecule has 0 bridgehead atoms. The molecule has 0 unspecified atom stereocenters. The van der Waals surface area contributed by atoms with Gasteiger partial charge in [0.05, 0.1) is 27.4 Å². The minimum atomic E-state index is -4.02. The van der Waals surface area contributed by atoms with Gasteiger partial charge in [0, 0.05) is 37.3 Å². The molecule has 0 spiro atoms. The van der Waals surface area contributed by atoms with Gasteiger partial charge in [-0.25, -0.2) is 12.4 Å². The Morgan fingerprint density at radius 3 is 2.14 bits per heavy atom. The Labute approximate surface area is 249 Å². The molecule has 222 valence electrons. The zero-order chi connectivity index (χ0) is 31.2. The van der Waals surface area contributed by atoms with Crippen molar-refractivity contribution in [1.82, 2.24) is 13.8 Å². The molecule has 0 aliphatic carbocycles. The lowest BCUT2D eigenvalue weighted by Gasteiger charge is -2.06. The summed E-state index contributed by atoms with van der Waals surface area (Å²) >= 11 is 0. The monoisotopic (exact) mass is 619 g/mol. The third-order valence-corrected chi connectivity index (χ3v) is 8.64. The van der Waals surface area contributed by atoms with E-state index in [4.69, 9.17) is 10.3 Å². The van der Waals surface area contributed by atoms with E-state index in [0.29, 0.717) is 16.9 Å². The number of nitrogens with one attached hydrogen (secondary N) is 1. The van der Waals surface area contributed by atoms with Crippen molar-refractivity contribution in [3.63, 3.8) is 0 Å². The van der Waals surface area contributed by atoms with E-state index in [9.17, 15) is 21.6 Å². The highest BCUT2D eigenvalue weighted by Gasteiger charge is 2.17. The number of amides is 1. The van der Waals surface area contributed by atoms with Crippen LogP contribution in [-0.4, -0.2) is 41.0 Å². The summed E-state index contributed by atoms with van der Waals surface area (Å²) in [6.45, 7) is 1.84. The van der Waals surface area contributed by atoms with Gasteiger partial charge in [0.2, 0.25) is 5.91 Å². The smallest absolute Gasteiger partial charge is 0.294 e. The molecule has 11 nitrogen and oxygen atoms in total. The van der Waals surface area contributed by atoms with E-state index >= 15 is 0 Å². The molecule has 13 heteroatoms. The number of nitrogens with two attached hydrogens (primary N) is 1. The van der Waals surface area contributed by atoms with E-state index in [-0.39, 0.29) is 15.7 Å². The van der Waals surface area contributed by atoms with E-state index in [1.54, 1.807) is 77.6 Å². The van der Waals surface area contributed by atoms with Crippen molar-refractivity contribution in [2.45, 2.75) is 16.7 Å². The number of nitrogens with zero attached hydrogens (tertiary/aromatic N) is 3. The van der Waals surface area contributed by atoms with Crippen molar-refractivity contribution in [3.05, 3.63) is 121 Å². The van der Waals surface area contributed by atoms with Crippen LogP contribution in [0.3, 0.4) is 0 Å². The van der Waals surface area contributed by atoms with Crippen LogP contribution in [-0.2, 0) is 32.0 Å². The van der Waals surface area contributed by atoms with Crippen LogP contribution in [0.25, 0.3) is 17.2 Å². The van der Waals surface area contributed by atoms with Gasteiger partial charge in [-0.1, -0.05) is 42.0 Å². The van der Waals surface area contributed by atoms with Gasteiger partial charge in [-0.2, -0.15) is 13.5 Å². The van der Waals surface area contributed by atoms with E-state index in [1.165, 1.54) is 36.7 Å². The summed E-state index contributed by atoms with van der Waals surface area (Å²) in [4.78, 5) is 12.2. The van der Waals surface area contributed by atoms with Crippen LogP contribution >= 0.6 is 0 Å². The van der Waals surface area contributed by atoms with Gasteiger partial charge in [-0.05, 0) is 66.6 Å². The summed E-state index contributed by atoms with van der Waals surface area (Å²) in [7, 11) is -5.96. The standard InChI is InChI=1S/C23H21N5O3S.C7H8O3S/c1-27-16-19(14-25-27)18-7-9-20(10-8-18)32(30,31)28-13-12-17(15-28)6-11-23(29)26-22-5-3-2-4-21(22)24;1-6-2-4-7(5-3-6)11(8,9)10/h2-16H,24H2,1H3,(H,26,29);2-5H,1H3,(H,8,9,10)/b11-6+;. The highest BCUT2D eigenvalue weighted by atomic mass is 32.2. The Balaban J connectivity index is 0.000000324. The molecule has 0 aliphatic rings. The molecule has 3 aromatic carbocycles. The second-order valence-corrected chi connectivity index (χ2v) is 12.7. The number of rotatable bonds is 7. The zero-order valence-corrected chi connectivity index (χ0v) is 24.8. The predicted octanol–water partition coefficient (Wildman–Crippen LogP) is 4.60. The van der Waals surface area contributed by atoms with Crippen molar-refractivity contribution >= 4 is 43.5 Å². The van der Waals surface area contributed by atoms with Gasteiger partial charge in [0.25, 0.3) is 20.1 Å². The Hall–Kier alpha value is -4.98. The molecule has 0 atom stereocenters. The van der Waals surface area contributed by atoms with Gasteiger partial charge in [-0.3, -0.25) is 14.0 Å². The molecule has 0 saturated heterocycles. The van der Waals surface area contributed by atoms with Crippen molar-refractivity contribution in [2.75, 3.05) is 11.1 Å². The largest absolute Gasteiger partial charge is 0.397 e. The van der Waals surface area contributed by atoms with E-state index in [1.807, 2.05) is 20.2 Å². The molecule has 1 amide bonds. The van der Waals surface area contributed by atoms with E-state index in [0.717, 1.165) is 20.7 Å². The average molecular weight is 620 g/mol. The molecule has 5 aromatic rings. The number of anilines is 2. The molecule has 2 heterocycles. The molecule has 0 radical (unpaired) electrons. The SMILES string of the molecule is Cc1ccc(S(=O)(=O)O)cc1.Cn1cc(-c2ccc(S(=O)(=O)n3ccc(/C=C/C(=O)Nc4ccccc4N)c3)cc2)cn1. The van der Waals surface area contributed by atoms with Crippen LogP contribution in [0.15, 0.2) is 120 Å². The normalized spacial score (nSPS) is 11.6. The number of carbonyl (C=O) groups excluding carboxylic acids is 1. The Morgan fingerprint density at radius 1 is 0.884 bits per heavy atom. The quantitative estimate of drug-likeness (QED) is 0.135. The summed E-state index contributed by atoms with van der Waals surface area (Å²) in [6, 6.07) is 21.1. The fourth-order valence-corrected chi connectivity index (χ4v) is 5.50. The minimum absolute atomic E-state index is 0.0666. The van der Waals surface area contributed by atoms with Gasteiger partial charge in [0.15, 0.2) is 0 Å². The molecular formula is C30H29N5O6S2. The third-order valence-electron chi connectivity index (χ3n) is 6.12. The number of aromatic nitrogens is 3. The first-order valence-corrected chi connectivity index (χ1v) is 15.6. The van der Waals surface area contributed by atoms with Crippen LogP contribution in [0, 0.1) is 6.92 Å². The summed E-state index contributed by atoms with van der Waals surface area (Å²) in [5.74, 6) is -0.371. The Kier molecular flexibility index (Phi) is 9.29. The molecule has 0 saturated carbocycles. The lowest BCUT2D eigenvalue weighted by molar-refractivity contribution is -0.111. The highest BCUT2D eigenvalue weighted by molar-refractivity contribution is 7.90. The first kappa shape index (κ1) is 31.0. The van der Waals surface area contributed by atoms with Crippen molar-refractivity contribution < 1.29 is 26.2 Å². The van der Waals surface area contributed by atoms with Crippen molar-refractivity contribution in [3.8, 4) is 11.1 Å². The summed E-state index contributed by atoms with van der Waals surface area (Å²) in [5.41, 5.74) is 10.1. The number of para-hydroxylation sites is 2. The number of hydrogen-bond donors (Lipinski definition) is 3. The number of hydrogen-bond acceptors (Lipinski definition) is 7. The Morgan fingerprint density at radius 2 is 1.53 bits per heavy atom. The van der Waals surface area contributed by atoms with Crippen LogP contribution < -0.4 is 11.1 Å². The maximum Gasteiger partial charge on any atom is 0.294 e. The summed E-state index contributed by atoms with van der Waals surface area (Å²) in [6.07, 6.45) is 9.32. The molecule has 0 fully saturated rings. The highest BCUT2D eigenvalue weighted by Crippen LogP contribution is 2.23. The minimum Gasteiger partial charge on any atom is -0.397 e. The Bertz CT molecular complexity index is 1980. The molecule has 4 N–H and O–H groups in total. The van der Waals surface area contributed by atoms with Crippen LogP contribution in [0.4, 0.5) is 11.4 Å². The first-order chi connectivity index (χ1) is 20.3. The van der Waals surface area contributed by atoms with Crippen molar-refractivity contribution in [1.29, 1.82) is 0 Å². The molecule has 43 heavy (non-hydrogen) atoms. The van der Waals surface area contributed by atoms with E-state index in [2.05, 4.69) is 10.4 Å². The number of nitrogen functional groups attached to an aromatic ring is 1. The van der Waals surface area contributed by atoms with E-state index < -0.39 is 20.1 Å². The van der Waals surface area contributed by atoms with Gasteiger partial charge >= 0.3 is 0 Å². The first-order valence-electron chi connectivity index (χ1n) is 12.7. The van der Waals surface area contributed by atoms with Gasteiger partial charge in [0.1, 0.15) is 0 Å². The number of carbonyl (C=O) groups is 1. The van der Waals surface area contributed by atoms with Crippen LogP contribution in [0.2, 0.25) is 0 Å². The molecular weight excluding hydrogens is 590 g/mol. The molecule has 5 rings (SSSR count). The topological polar surface area (TPSA) is 166 Å². The lowest BCUT2D eigenvalue weighted by Crippen LogP contribution is -2.10. The summed E-state index contributed by atoms with van der Waals surface area (Å²) in [5, 5.41) is 6.81. The summed E-state index contributed by atoms with van der Waals surface area (Å²) < 4.78 is 58.3. The molecule has 2 aromatic heterocycles. The third kappa shape index (κ3) is 8.07.